The summed E-state index contributed by atoms with van der Waals surface area (Å²) in [6.07, 6.45) is 0.527. The molecule has 1 aromatic carbocycles. The summed E-state index contributed by atoms with van der Waals surface area (Å²) < 4.78 is 5.20. The van der Waals surface area contributed by atoms with Gasteiger partial charge in [0.15, 0.2) is 0 Å². The van der Waals surface area contributed by atoms with Gasteiger partial charge in [-0.05, 0) is 23.9 Å². The average molecular weight is 402 g/mol. The molecule has 0 saturated carbocycles. The van der Waals surface area contributed by atoms with Crippen LogP contribution in [0.25, 0.3) is 0 Å². The van der Waals surface area contributed by atoms with Gasteiger partial charge in [-0.1, -0.05) is 36.4 Å². The number of carbonyl (C=O) groups is 1. The molecule has 1 aromatic heterocycles. The van der Waals surface area contributed by atoms with E-state index in [1.165, 1.54) is 4.88 Å². The third kappa shape index (κ3) is 5.88. The van der Waals surface area contributed by atoms with E-state index < -0.39 is 0 Å². The van der Waals surface area contributed by atoms with Crippen LogP contribution in [-0.4, -0.2) is 68.2 Å². The van der Waals surface area contributed by atoms with Gasteiger partial charge < -0.3 is 15.0 Å². The van der Waals surface area contributed by atoms with Gasteiger partial charge in [-0.15, -0.1) is 11.3 Å². The molecule has 1 N–H and O–H groups in total. The summed E-state index contributed by atoms with van der Waals surface area (Å²) in [4.78, 5) is 18.7. The minimum atomic E-state index is -0.0708. The Bertz CT molecular complexity index is 708. The molecule has 2 atom stereocenters. The van der Waals surface area contributed by atoms with E-state index in [1.807, 2.05) is 24.3 Å². The lowest BCUT2D eigenvalue weighted by Crippen LogP contribution is -2.53. The minimum absolute atomic E-state index is 0.0708. The van der Waals surface area contributed by atoms with Gasteiger partial charge >= 0.3 is 0 Å². The number of rotatable bonds is 9. The first-order chi connectivity index (χ1) is 13.7. The van der Waals surface area contributed by atoms with E-state index in [-0.39, 0.29) is 11.9 Å². The molecule has 0 bridgehead atoms. The van der Waals surface area contributed by atoms with Crippen molar-refractivity contribution in [1.29, 1.82) is 0 Å². The molecule has 6 heteroatoms. The third-order valence-electron chi connectivity index (χ3n) is 5.35. The zero-order valence-corrected chi connectivity index (χ0v) is 17.7. The smallest absolute Gasteiger partial charge is 0.222 e. The Hall–Kier alpha value is -1.73. The molecule has 3 rings (SSSR count). The Kier molecular flexibility index (Phi) is 8.03. The molecule has 2 aromatic rings. The van der Waals surface area contributed by atoms with Gasteiger partial charge in [0.05, 0.1) is 12.6 Å². The van der Waals surface area contributed by atoms with E-state index >= 15 is 0 Å². The fourth-order valence-corrected chi connectivity index (χ4v) is 4.53. The van der Waals surface area contributed by atoms with Crippen LogP contribution in [0.2, 0.25) is 0 Å². The van der Waals surface area contributed by atoms with Crippen LogP contribution >= 0.6 is 11.3 Å². The summed E-state index contributed by atoms with van der Waals surface area (Å²) >= 11 is 1.68. The van der Waals surface area contributed by atoms with Crippen LogP contribution in [0.1, 0.15) is 29.8 Å². The monoisotopic (exact) mass is 401 g/mol. The summed E-state index contributed by atoms with van der Waals surface area (Å²) in [5, 5.41) is 5.30. The van der Waals surface area contributed by atoms with Crippen LogP contribution in [-0.2, 0) is 9.53 Å². The first kappa shape index (κ1) is 21.0. The lowest BCUT2D eigenvalue weighted by atomic mass is 10.1. The molecule has 5 nitrogen and oxygen atoms in total. The quantitative estimate of drug-likeness (QED) is 0.702. The Balaban J connectivity index is 1.50. The molecule has 152 valence electrons. The molecule has 0 aliphatic carbocycles. The number of hydrogen-bond donors (Lipinski definition) is 1. The molecule has 1 saturated heterocycles. The molecule has 0 radical (unpaired) electrons. The van der Waals surface area contributed by atoms with Crippen LogP contribution in [0, 0.1) is 0 Å². The first-order valence-corrected chi connectivity index (χ1v) is 10.9. The molecule has 28 heavy (non-hydrogen) atoms. The topological polar surface area (TPSA) is 44.8 Å². The molecule has 1 fully saturated rings. The second-order valence-electron chi connectivity index (χ2n) is 7.36. The van der Waals surface area contributed by atoms with Crippen molar-refractivity contribution in [2.75, 3.05) is 46.4 Å². The highest BCUT2D eigenvalue weighted by Crippen LogP contribution is 2.26. The van der Waals surface area contributed by atoms with E-state index in [4.69, 9.17) is 4.74 Å². The third-order valence-corrected chi connectivity index (χ3v) is 6.29. The summed E-state index contributed by atoms with van der Waals surface area (Å²) in [5.74, 6) is 0.108. The first-order valence-electron chi connectivity index (χ1n) is 10.0. The van der Waals surface area contributed by atoms with Gasteiger partial charge in [0.25, 0.3) is 0 Å². The van der Waals surface area contributed by atoms with Crippen LogP contribution in [0.5, 0.6) is 0 Å². The van der Waals surface area contributed by atoms with Crippen LogP contribution in [0.15, 0.2) is 47.8 Å². The van der Waals surface area contributed by atoms with Crippen molar-refractivity contribution in [2.24, 2.45) is 0 Å². The standard InChI is InChI=1S/C22H31N3O2S/c1-18-17-24(12-13-25(18)14-15-27-2)11-10-21(26)23-22(20-9-6-16-28-20)19-7-4-3-5-8-19/h3-9,16,18,22H,10-15,17H2,1-2H3,(H,23,26). The van der Waals surface area contributed by atoms with E-state index in [0.717, 1.165) is 44.9 Å². The SMILES string of the molecule is COCCN1CCN(CCC(=O)NC(c2ccccc2)c2cccs2)CC1C. The highest BCUT2D eigenvalue weighted by Gasteiger charge is 2.24. The van der Waals surface area contributed by atoms with Crippen molar-refractivity contribution in [3.8, 4) is 0 Å². The van der Waals surface area contributed by atoms with Gasteiger partial charge in [0, 0.05) is 57.2 Å². The van der Waals surface area contributed by atoms with Crippen LogP contribution in [0.4, 0.5) is 0 Å². The van der Waals surface area contributed by atoms with E-state index in [9.17, 15) is 4.79 Å². The minimum Gasteiger partial charge on any atom is -0.383 e. The molecular weight excluding hydrogens is 370 g/mol. The van der Waals surface area contributed by atoms with Crippen molar-refractivity contribution in [3.63, 3.8) is 0 Å². The van der Waals surface area contributed by atoms with Gasteiger partial charge in [0.1, 0.15) is 0 Å². The summed E-state index contributed by atoms with van der Waals surface area (Å²) in [6.45, 7) is 7.86. The Morgan fingerprint density at radius 2 is 2.04 bits per heavy atom. The highest BCUT2D eigenvalue weighted by molar-refractivity contribution is 7.10. The number of nitrogens with zero attached hydrogens (tertiary/aromatic N) is 2. The molecule has 1 amide bonds. The van der Waals surface area contributed by atoms with Crippen molar-refractivity contribution in [2.45, 2.75) is 25.4 Å². The molecular formula is C22H31N3O2S. The van der Waals surface area contributed by atoms with Crippen molar-refractivity contribution < 1.29 is 9.53 Å². The summed E-state index contributed by atoms with van der Waals surface area (Å²) in [6, 6.07) is 14.7. The maximum atomic E-state index is 12.7. The number of piperazine rings is 1. The number of amides is 1. The lowest BCUT2D eigenvalue weighted by Gasteiger charge is -2.39. The molecule has 2 heterocycles. The van der Waals surface area contributed by atoms with Gasteiger partial charge in [-0.3, -0.25) is 9.69 Å². The molecule has 2 unspecified atom stereocenters. The number of carbonyl (C=O) groups excluding carboxylic acids is 1. The number of hydrogen-bond acceptors (Lipinski definition) is 5. The highest BCUT2D eigenvalue weighted by atomic mass is 32.1. The maximum Gasteiger partial charge on any atom is 0.222 e. The van der Waals surface area contributed by atoms with Crippen molar-refractivity contribution >= 4 is 17.2 Å². The van der Waals surface area contributed by atoms with E-state index in [1.54, 1.807) is 18.4 Å². The Morgan fingerprint density at radius 1 is 1.21 bits per heavy atom. The van der Waals surface area contributed by atoms with Gasteiger partial charge in [-0.25, -0.2) is 0 Å². The second kappa shape index (κ2) is 10.7. The zero-order chi connectivity index (χ0) is 19.8. The van der Waals surface area contributed by atoms with E-state index in [2.05, 4.69) is 45.6 Å². The molecule has 1 aliphatic heterocycles. The normalized spacial score (nSPS) is 19.4. The predicted octanol–water partition coefficient (Wildman–Crippen LogP) is 3.00. The number of nitrogens with one attached hydrogen (secondary N) is 1. The fraction of sp³-hybridized carbons (Fsp3) is 0.500. The van der Waals surface area contributed by atoms with Crippen molar-refractivity contribution in [3.05, 3.63) is 58.3 Å². The number of ether oxygens (including phenoxy) is 1. The Labute approximate surface area is 172 Å². The summed E-state index contributed by atoms with van der Waals surface area (Å²) in [5.41, 5.74) is 1.12. The average Bonchev–Trinajstić information content (AvgIpc) is 3.25. The number of methoxy groups -OCH3 is 1. The molecule has 1 aliphatic rings. The van der Waals surface area contributed by atoms with E-state index in [0.29, 0.717) is 12.5 Å². The summed E-state index contributed by atoms with van der Waals surface area (Å²) in [7, 11) is 1.75. The number of thiophene rings is 1. The maximum absolute atomic E-state index is 12.7. The van der Waals surface area contributed by atoms with Gasteiger partial charge in [0.2, 0.25) is 5.91 Å². The van der Waals surface area contributed by atoms with Crippen LogP contribution < -0.4 is 5.32 Å². The second-order valence-corrected chi connectivity index (χ2v) is 8.33. The largest absolute Gasteiger partial charge is 0.383 e. The van der Waals surface area contributed by atoms with Crippen LogP contribution in [0.3, 0.4) is 0 Å². The zero-order valence-electron chi connectivity index (χ0n) is 16.8. The molecule has 0 spiro atoms. The predicted molar refractivity (Wildman–Crippen MR) is 115 cm³/mol. The lowest BCUT2D eigenvalue weighted by molar-refractivity contribution is -0.122. The fourth-order valence-electron chi connectivity index (χ4n) is 3.73. The Morgan fingerprint density at radius 3 is 2.71 bits per heavy atom. The number of benzene rings is 1. The van der Waals surface area contributed by atoms with Crippen molar-refractivity contribution in [1.82, 2.24) is 15.1 Å². The van der Waals surface area contributed by atoms with Gasteiger partial charge in [-0.2, -0.15) is 0 Å².